The highest BCUT2D eigenvalue weighted by molar-refractivity contribution is 7.13. The second kappa shape index (κ2) is 7.26. The SMILES string of the molecule is CNC(C)c1csc(Nc2ccccc2Oc2ccccc2)n1. The van der Waals surface area contributed by atoms with Crippen LogP contribution in [0, 0.1) is 0 Å². The normalized spacial score (nSPS) is 11.9. The number of aromatic nitrogens is 1. The molecule has 0 aliphatic rings. The van der Waals surface area contributed by atoms with E-state index in [2.05, 4.69) is 27.9 Å². The highest BCUT2D eigenvalue weighted by atomic mass is 32.1. The maximum absolute atomic E-state index is 5.96. The summed E-state index contributed by atoms with van der Waals surface area (Å²) in [7, 11) is 1.93. The molecule has 0 fully saturated rings. The predicted molar refractivity (Wildman–Crippen MR) is 95.8 cm³/mol. The Morgan fingerprint density at radius 2 is 1.78 bits per heavy atom. The molecule has 1 aromatic heterocycles. The van der Waals surface area contributed by atoms with Crippen molar-refractivity contribution in [3.8, 4) is 11.5 Å². The molecular formula is C18H19N3OS. The van der Waals surface area contributed by atoms with Gasteiger partial charge in [0.2, 0.25) is 0 Å². The number of anilines is 2. The Hall–Kier alpha value is -2.37. The van der Waals surface area contributed by atoms with Crippen molar-refractivity contribution in [1.82, 2.24) is 10.3 Å². The van der Waals surface area contributed by atoms with Gasteiger partial charge in [0.25, 0.3) is 0 Å². The third kappa shape index (κ3) is 3.88. The average Bonchev–Trinajstić information content (AvgIpc) is 3.05. The molecule has 2 aromatic carbocycles. The zero-order chi connectivity index (χ0) is 16.1. The van der Waals surface area contributed by atoms with E-state index in [9.17, 15) is 0 Å². The standard InChI is InChI=1S/C18H19N3OS/c1-13(19-2)16-12-23-18(21-16)20-15-10-6-7-11-17(15)22-14-8-4-3-5-9-14/h3-13,19H,1-2H3,(H,20,21). The molecule has 0 bridgehead atoms. The van der Waals surface area contributed by atoms with Gasteiger partial charge in [0.1, 0.15) is 5.75 Å². The van der Waals surface area contributed by atoms with Crippen molar-refractivity contribution in [2.45, 2.75) is 13.0 Å². The molecule has 0 saturated carbocycles. The van der Waals surface area contributed by atoms with Crippen LogP contribution in [0.25, 0.3) is 0 Å². The van der Waals surface area contributed by atoms with Crippen molar-refractivity contribution in [3.63, 3.8) is 0 Å². The number of ether oxygens (including phenoxy) is 1. The predicted octanol–water partition coefficient (Wildman–Crippen LogP) is 4.96. The Morgan fingerprint density at radius 3 is 2.57 bits per heavy atom. The molecule has 0 aliphatic heterocycles. The van der Waals surface area contributed by atoms with Gasteiger partial charge in [-0.2, -0.15) is 0 Å². The van der Waals surface area contributed by atoms with Crippen molar-refractivity contribution < 1.29 is 4.74 Å². The topological polar surface area (TPSA) is 46.2 Å². The van der Waals surface area contributed by atoms with Gasteiger partial charge in [-0.25, -0.2) is 4.98 Å². The van der Waals surface area contributed by atoms with E-state index in [-0.39, 0.29) is 6.04 Å². The van der Waals surface area contributed by atoms with E-state index in [0.717, 1.165) is 28.0 Å². The van der Waals surface area contributed by atoms with Crippen LogP contribution in [-0.4, -0.2) is 12.0 Å². The van der Waals surface area contributed by atoms with E-state index in [1.165, 1.54) is 0 Å². The molecule has 23 heavy (non-hydrogen) atoms. The number of hydrogen-bond acceptors (Lipinski definition) is 5. The summed E-state index contributed by atoms with van der Waals surface area (Å²) in [5.41, 5.74) is 1.93. The number of para-hydroxylation sites is 3. The third-order valence-electron chi connectivity index (χ3n) is 3.50. The molecule has 3 rings (SSSR count). The maximum Gasteiger partial charge on any atom is 0.187 e. The first-order valence-corrected chi connectivity index (χ1v) is 8.36. The molecule has 1 atom stereocenters. The van der Waals surface area contributed by atoms with Gasteiger partial charge in [-0.1, -0.05) is 30.3 Å². The lowest BCUT2D eigenvalue weighted by Crippen LogP contribution is -2.12. The summed E-state index contributed by atoms with van der Waals surface area (Å²) in [5.74, 6) is 1.59. The first kappa shape index (κ1) is 15.5. The lowest BCUT2D eigenvalue weighted by atomic mass is 10.3. The van der Waals surface area contributed by atoms with Crippen LogP contribution in [-0.2, 0) is 0 Å². The first-order valence-electron chi connectivity index (χ1n) is 7.48. The molecule has 1 heterocycles. The minimum absolute atomic E-state index is 0.234. The Bertz CT molecular complexity index is 758. The van der Waals surface area contributed by atoms with Gasteiger partial charge in [-0.3, -0.25) is 0 Å². The molecule has 4 nitrogen and oxygen atoms in total. The van der Waals surface area contributed by atoms with Crippen LogP contribution in [0.2, 0.25) is 0 Å². The second-order valence-electron chi connectivity index (χ2n) is 5.12. The molecule has 0 aliphatic carbocycles. The fraction of sp³-hybridized carbons (Fsp3) is 0.167. The third-order valence-corrected chi connectivity index (χ3v) is 4.27. The number of hydrogen-bond donors (Lipinski definition) is 2. The van der Waals surface area contributed by atoms with Gasteiger partial charge in [0.05, 0.1) is 11.4 Å². The average molecular weight is 325 g/mol. The van der Waals surface area contributed by atoms with E-state index in [0.29, 0.717) is 0 Å². The summed E-state index contributed by atoms with van der Waals surface area (Å²) >= 11 is 1.59. The van der Waals surface area contributed by atoms with Crippen molar-refractivity contribution in [3.05, 3.63) is 65.7 Å². The summed E-state index contributed by atoms with van der Waals surface area (Å²) in [6.07, 6.45) is 0. The Balaban J connectivity index is 1.79. The lowest BCUT2D eigenvalue weighted by Gasteiger charge is -2.11. The van der Waals surface area contributed by atoms with Crippen molar-refractivity contribution in [2.24, 2.45) is 0 Å². The Kier molecular flexibility index (Phi) is 4.90. The molecule has 0 spiro atoms. The zero-order valence-corrected chi connectivity index (χ0v) is 13.9. The maximum atomic E-state index is 5.96. The van der Waals surface area contributed by atoms with Gasteiger partial charge in [0, 0.05) is 11.4 Å². The van der Waals surface area contributed by atoms with Crippen LogP contribution in [0.4, 0.5) is 10.8 Å². The van der Waals surface area contributed by atoms with Crippen molar-refractivity contribution in [2.75, 3.05) is 12.4 Å². The summed E-state index contributed by atoms with van der Waals surface area (Å²) < 4.78 is 5.96. The number of nitrogens with one attached hydrogen (secondary N) is 2. The first-order chi connectivity index (χ1) is 11.3. The molecule has 1 unspecified atom stereocenters. The van der Waals surface area contributed by atoms with Gasteiger partial charge >= 0.3 is 0 Å². The summed E-state index contributed by atoms with van der Waals surface area (Å²) in [6, 6.07) is 17.9. The minimum atomic E-state index is 0.234. The quantitative estimate of drug-likeness (QED) is 0.672. The van der Waals surface area contributed by atoms with E-state index >= 15 is 0 Å². The minimum Gasteiger partial charge on any atom is -0.455 e. The summed E-state index contributed by atoms with van der Waals surface area (Å²) in [6.45, 7) is 2.09. The number of rotatable bonds is 6. The van der Waals surface area contributed by atoms with Crippen LogP contribution in [0.1, 0.15) is 18.7 Å². The van der Waals surface area contributed by atoms with Gasteiger partial charge < -0.3 is 15.4 Å². The molecule has 2 N–H and O–H groups in total. The number of thiazole rings is 1. The molecule has 3 aromatic rings. The van der Waals surface area contributed by atoms with Crippen molar-refractivity contribution >= 4 is 22.2 Å². The highest BCUT2D eigenvalue weighted by Gasteiger charge is 2.10. The lowest BCUT2D eigenvalue weighted by molar-refractivity contribution is 0.485. The van der Waals surface area contributed by atoms with Crippen LogP contribution < -0.4 is 15.4 Å². The second-order valence-corrected chi connectivity index (χ2v) is 5.98. The van der Waals surface area contributed by atoms with Crippen LogP contribution in [0.15, 0.2) is 60.0 Å². The monoisotopic (exact) mass is 325 g/mol. The van der Waals surface area contributed by atoms with Crippen LogP contribution in [0.3, 0.4) is 0 Å². The molecular weight excluding hydrogens is 306 g/mol. The van der Waals surface area contributed by atoms with E-state index in [4.69, 9.17) is 4.74 Å². The van der Waals surface area contributed by atoms with Crippen LogP contribution >= 0.6 is 11.3 Å². The molecule has 118 valence electrons. The zero-order valence-electron chi connectivity index (χ0n) is 13.1. The Labute approximate surface area is 140 Å². The Morgan fingerprint density at radius 1 is 1.04 bits per heavy atom. The molecule has 0 amide bonds. The molecule has 5 heteroatoms. The number of benzene rings is 2. The van der Waals surface area contributed by atoms with Gasteiger partial charge in [0.15, 0.2) is 10.9 Å². The fourth-order valence-corrected chi connectivity index (χ4v) is 2.90. The largest absolute Gasteiger partial charge is 0.455 e. The fourth-order valence-electron chi connectivity index (χ4n) is 2.08. The van der Waals surface area contributed by atoms with Gasteiger partial charge in [-0.15, -0.1) is 11.3 Å². The van der Waals surface area contributed by atoms with Crippen molar-refractivity contribution in [1.29, 1.82) is 0 Å². The van der Waals surface area contributed by atoms with E-state index in [1.54, 1.807) is 11.3 Å². The molecule has 0 radical (unpaired) electrons. The van der Waals surface area contributed by atoms with Gasteiger partial charge in [-0.05, 0) is 38.2 Å². The summed E-state index contributed by atoms with van der Waals surface area (Å²) in [4.78, 5) is 4.61. The smallest absolute Gasteiger partial charge is 0.187 e. The van der Waals surface area contributed by atoms with Crippen LogP contribution in [0.5, 0.6) is 11.5 Å². The molecule has 0 saturated heterocycles. The highest BCUT2D eigenvalue weighted by Crippen LogP contribution is 2.32. The number of nitrogens with zero attached hydrogens (tertiary/aromatic N) is 1. The van der Waals surface area contributed by atoms with E-state index < -0.39 is 0 Å². The van der Waals surface area contributed by atoms with E-state index in [1.807, 2.05) is 61.6 Å². The summed E-state index contributed by atoms with van der Waals surface area (Å²) in [5, 5.41) is 9.45.